The number of aromatic nitrogens is 4. The van der Waals surface area contributed by atoms with Crippen LogP contribution in [0, 0.1) is 6.92 Å². The highest BCUT2D eigenvalue weighted by atomic mass is 32.2. The Balaban J connectivity index is 1.47. The molecule has 3 N–H and O–H groups in total. The number of aryl methyl sites for hydroxylation is 1. The summed E-state index contributed by atoms with van der Waals surface area (Å²) >= 11 is 0. The van der Waals surface area contributed by atoms with E-state index in [9.17, 15) is 13.5 Å². The van der Waals surface area contributed by atoms with E-state index in [1.165, 1.54) is 0 Å². The van der Waals surface area contributed by atoms with Gasteiger partial charge in [-0.2, -0.15) is 5.10 Å². The molecule has 0 unspecified atom stereocenters. The monoisotopic (exact) mass is 558 g/mol. The van der Waals surface area contributed by atoms with Crippen LogP contribution in [0.1, 0.15) is 39.7 Å². The van der Waals surface area contributed by atoms with Crippen LogP contribution in [-0.2, 0) is 16.6 Å². The first-order valence-electron chi connectivity index (χ1n) is 13.3. The lowest BCUT2D eigenvalue weighted by molar-refractivity contribution is 0.0591. The van der Waals surface area contributed by atoms with E-state index in [4.69, 9.17) is 4.98 Å². The van der Waals surface area contributed by atoms with Crippen molar-refractivity contribution in [1.82, 2.24) is 24.5 Å². The van der Waals surface area contributed by atoms with E-state index in [0.29, 0.717) is 18.8 Å². The fourth-order valence-electron chi connectivity index (χ4n) is 4.67. The van der Waals surface area contributed by atoms with Gasteiger partial charge in [-0.1, -0.05) is 13.0 Å². The number of benzene rings is 2. The number of hydrogen-bond donors (Lipinski definition) is 3. The van der Waals surface area contributed by atoms with E-state index in [1.54, 1.807) is 50.5 Å². The first-order chi connectivity index (χ1) is 18.9. The Morgan fingerprint density at radius 2 is 1.77 bits per heavy atom. The Bertz CT molecular complexity index is 1790. The van der Waals surface area contributed by atoms with Crippen LogP contribution in [0.4, 0.5) is 11.5 Å². The normalized spacial score (nSPS) is 13.2. The molecule has 0 aliphatic rings. The Morgan fingerprint density at radius 1 is 1.02 bits per heavy atom. The van der Waals surface area contributed by atoms with E-state index in [2.05, 4.69) is 27.0 Å². The van der Waals surface area contributed by atoms with E-state index in [-0.39, 0.29) is 10.9 Å². The van der Waals surface area contributed by atoms with Crippen molar-refractivity contribution in [2.75, 3.05) is 5.32 Å². The molecule has 0 saturated carbocycles. The van der Waals surface area contributed by atoms with Crippen LogP contribution in [0.15, 0.2) is 72.0 Å². The highest BCUT2D eigenvalue weighted by molar-refractivity contribution is 7.89. The number of sulfonamides is 1. The second kappa shape index (κ2) is 10.6. The lowest BCUT2D eigenvalue weighted by Crippen LogP contribution is -2.31. The maximum absolute atomic E-state index is 12.6. The molecular weight excluding hydrogens is 524 g/mol. The van der Waals surface area contributed by atoms with Gasteiger partial charge in [-0.3, -0.25) is 9.67 Å². The minimum atomic E-state index is -3.57. The van der Waals surface area contributed by atoms with Crippen molar-refractivity contribution in [3.8, 4) is 11.3 Å². The summed E-state index contributed by atoms with van der Waals surface area (Å²) < 4.78 is 29.7. The topological polar surface area (TPSA) is 122 Å². The molecule has 0 bridgehead atoms. The van der Waals surface area contributed by atoms with Crippen molar-refractivity contribution in [3.05, 3.63) is 72.7 Å². The minimum absolute atomic E-state index is 0.138. The molecule has 0 spiro atoms. The summed E-state index contributed by atoms with van der Waals surface area (Å²) in [7, 11) is -3.57. The third kappa shape index (κ3) is 5.70. The molecule has 2 aromatic carbocycles. The molecule has 208 valence electrons. The number of pyridine rings is 2. The second-order valence-electron chi connectivity index (χ2n) is 10.8. The lowest BCUT2D eigenvalue weighted by atomic mass is 9.98. The average molecular weight is 559 g/mol. The molecule has 0 aliphatic carbocycles. The average Bonchev–Trinajstić information content (AvgIpc) is 3.30. The van der Waals surface area contributed by atoms with Crippen molar-refractivity contribution in [3.63, 3.8) is 0 Å². The Kier molecular flexibility index (Phi) is 7.34. The predicted molar refractivity (Wildman–Crippen MR) is 159 cm³/mol. The first kappa shape index (κ1) is 27.7. The number of anilines is 2. The summed E-state index contributed by atoms with van der Waals surface area (Å²) in [4.78, 5) is 9.51. The maximum Gasteiger partial charge on any atom is 0.240 e. The van der Waals surface area contributed by atoms with E-state index < -0.39 is 15.6 Å². The van der Waals surface area contributed by atoms with Gasteiger partial charge in [-0.15, -0.1) is 0 Å². The van der Waals surface area contributed by atoms with Crippen LogP contribution in [0.3, 0.4) is 0 Å². The van der Waals surface area contributed by atoms with Crippen molar-refractivity contribution < 1.29 is 13.5 Å². The summed E-state index contributed by atoms with van der Waals surface area (Å²) in [5, 5.41) is 21.0. The molecular formula is C30H34N6O3S. The zero-order valence-electron chi connectivity index (χ0n) is 23.3. The highest BCUT2D eigenvalue weighted by Crippen LogP contribution is 2.34. The van der Waals surface area contributed by atoms with Gasteiger partial charge in [0.25, 0.3) is 0 Å². The van der Waals surface area contributed by atoms with Crippen LogP contribution in [0.25, 0.3) is 32.9 Å². The quantitative estimate of drug-likeness (QED) is 0.217. The van der Waals surface area contributed by atoms with Crippen LogP contribution >= 0.6 is 0 Å². The Morgan fingerprint density at radius 3 is 2.48 bits per heavy atom. The number of rotatable bonds is 9. The molecule has 10 heteroatoms. The van der Waals surface area contributed by atoms with Gasteiger partial charge >= 0.3 is 0 Å². The van der Waals surface area contributed by atoms with Crippen LogP contribution in [0.5, 0.6) is 0 Å². The standard InChI is InChI=1S/C30H34N6O3S/c1-6-19(2)35-40(38,39)23-9-7-22(8-10-23)34-28-15-25-21(16-32-28)13-14-31-29(25)24-11-12-27-26(20(24)3)17-33-36(27)18-30(4,5)37/h7-17,19,35,37H,6,18H2,1-5H3,(H,32,34)/t19-/m0/s1. The van der Waals surface area contributed by atoms with Gasteiger partial charge < -0.3 is 10.4 Å². The molecule has 3 heterocycles. The molecule has 9 nitrogen and oxygen atoms in total. The van der Waals surface area contributed by atoms with Gasteiger partial charge in [0, 0.05) is 45.8 Å². The maximum atomic E-state index is 12.6. The summed E-state index contributed by atoms with van der Waals surface area (Å²) in [6.45, 7) is 9.76. The summed E-state index contributed by atoms with van der Waals surface area (Å²) in [5.74, 6) is 0.617. The van der Waals surface area contributed by atoms with Gasteiger partial charge in [-0.25, -0.2) is 18.1 Å². The fraction of sp³-hybridized carbons (Fsp3) is 0.300. The Labute approximate surface area is 234 Å². The molecule has 0 radical (unpaired) electrons. The molecule has 1 atom stereocenters. The summed E-state index contributed by atoms with van der Waals surface area (Å²) in [5.41, 5.74) is 3.66. The molecule has 5 rings (SSSR count). The third-order valence-electron chi connectivity index (χ3n) is 6.94. The van der Waals surface area contributed by atoms with Crippen LogP contribution in [0.2, 0.25) is 0 Å². The predicted octanol–water partition coefficient (Wildman–Crippen LogP) is 5.55. The number of nitrogens with one attached hydrogen (secondary N) is 2. The van der Waals surface area contributed by atoms with Gasteiger partial charge in [-0.05, 0) is 82.1 Å². The van der Waals surface area contributed by atoms with E-state index in [0.717, 1.165) is 44.2 Å². The van der Waals surface area contributed by atoms with Crippen molar-refractivity contribution in [2.45, 2.75) is 64.1 Å². The smallest absolute Gasteiger partial charge is 0.240 e. The molecule has 0 amide bonds. The summed E-state index contributed by atoms with van der Waals surface area (Å²) in [6, 6.07) is 14.4. The van der Waals surface area contributed by atoms with Crippen LogP contribution < -0.4 is 10.0 Å². The van der Waals surface area contributed by atoms with Gasteiger partial charge in [0.05, 0.1) is 34.4 Å². The van der Waals surface area contributed by atoms with Gasteiger partial charge in [0.15, 0.2) is 0 Å². The van der Waals surface area contributed by atoms with Crippen molar-refractivity contribution in [2.24, 2.45) is 0 Å². The van der Waals surface area contributed by atoms with Crippen molar-refractivity contribution in [1.29, 1.82) is 0 Å². The largest absolute Gasteiger partial charge is 0.389 e. The molecule has 0 fully saturated rings. The van der Waals surface area contributed by atoms with E-state index >= 15 is 0 Å². The fourth-order valence-corrected chi connectivity index (χ4v) is 6.00. The molecule has 40 heavy (non-hydrogen) atoms. The number of aliphatic hydroxyl groups is 1. The molecule has 5 aromatic rings. The number of nitrogens with zero attached hydrogens (tertiary/aromatic N) is 4. The molecule has 3 aromatic heterocycles. The van der Waals surface area contributed by atoms with E-state index in [1.807, 2.05) is 49.0 Å². The van der Waals surface area contributed by atoms with Gasteiger partial charge in [0.2, 0.25) is 10.0 Å². The Hall–Kier alpha value is -3.86. The second-order valence-corrected chi connectivity index (χ2v) is 12.5. The SMILES string of the molecule is CC[C@H](C)NS(=O)(=O)c1ccc(Nc2cc3c(-c4ccc5c(cnn5CC(C)(C)O)c4C)nccc3cn2)cc1. The first-order valence-corrected chi connectivity index (χ1v) is 14.8. The third-order valence-corrected chi connectivity index (χ3v) is 8.55. The molecule has 0 saturated heterocycles. The highest BCUT2D eigenvalue weighted by Gasteiger charge is 2.19. The number of hydrogen-bond acceptors (Lipinski definition) is 7. The van der Waals surface area contributed by atoms with Crippen molar-refractivity contribution >= 4 is 43.2 Å². The zero-order valence-corrected chi connectivity index (χ0v) is 24.1. The lowest BCUT2D eigenvalue weighted by Gasteiger charge is -2.18. The zero-order chi connectivity index (χ0) is 28.7. The summed E-state index contributed by atoms with van der Waals surface area (Å²) in [6.07, 6.45) is 6.12. The number of fused-ring (bicyclic) bond motifs is 2. The molecule has 0 aliphatic heterocycles. The minimum Gasteiger partial charge on any atom is -0.389 e. The van der Waals surface area contributed by atoms with Gasteiger partial charge in [0.1, 0.15) is 5.82 Å². The van der Waals surface area contributed by atoms with Crippen LogP contribution in [-0.4, -0.2) is 44.9 Å².